The summed E-state index contributed by atoms with van der Waals surface area (Å²) in [5, 5.41) is 18.6. The summed E-state index contributed by atoms with van der Waals surface area (Å²) in [5.41, 5.74) is 5.21. The Kier molecular flexibility index (Phi) is 3.99. The predicted molar refractivity (Wildman–Crippen MR) is 70.9 cm³/mol. The average molecular weight is 314 g/mol. The maximum Gasteiger partial charge on any atom is 0.322 e. The molecule has 1 aliphatic heterocycles. The number of carbonyl (C=O) groups excluding carboxylic acids is 1. The predicted octanol–water partition coefficient (Wildman–Crippen LogP) is -1.01. The van der Waals surface area contributed by atoms with Crippen molar-refractivity contribution in [3.63, 3.8) is 0 Å². The molecule has 8 nitrogen and oxygen atoms in total. The fourth-order valence-electron chi connectivity index (χ4n) is 2.20. The Balaban J connectivity index is 2.37. The molecule has 114 valence electrons. The lowest BCUT2D eigenvalue weighted by Gasteiger charge is -2.20. The van der Waals surface area contributed by atoms with E-state index in [4.69, 9.17) is 10.8 Å². The van der Waals surface area contributed by atoms with Crippen LogP contribution in [0.1, 0.15) is 16.8 Å². The van der Waals surface area contributed by atoms with Gasteiger partial charge in [0.25, 0.3) is 0 Å². The molecule has 1 aromatic carbocycles. The van der Waals surface area contributed by atoms with E-state index in [0.29, 0.717) is 0 Å². The number of carboxylic acid groups (broad SMARTS) is 1. The number of benzene rings is 1. The number of nitrogens with zero attached hydrogens (tertiary/aromatic N) is 1. The topological polar surface area (TPSA) is 138 Å². The first-order valence-electron chi connectivity index (χ1n) is 6.06. The van der Waals surface area contributed by atoms with Gasteiger partial charge in [0.15, 0.2) is 0 Å². The minimum absolute atomic E-state index is 0.144. The molecule has 1 unspecified atom stereocenters. The monoisotopic (exact) mass is 314 g/mol. The van der Waals surface area contributed by atoms with E-state index in [9.17, 15) is 23.1 Å². The molecule has 0 radical (unpaired) electrons. The van der Waals surface area contributed by atoms with Gasteiger partial charge in [0.05, 0.1) is 11.0 Å². The van der Waals surface area contributed by atoms with Crippen LogP contribution in [0.3, 0.4) is 0 Å². The maximum atomic E-state index is 12.4. The number of amides is 1. The molecule has 0 saturated carbocycles. The van der Waals surface area contributed by atoms with Gasteiger partial charge >= 0.3 is 5.97 Å². The fraction of sp³-hybridized carbons (Fsp3) is 0.333. The van der Waals surface area contributed by atoms with Gasteiger partial charge < -0.3 is 15.9 Å². The van der Waals surface area contributed by atoms with E-state index in [0.717, 1.165) is 4.31 Å². The quantitative estimate of drug-likeness (QED) is 0.651. The molecule has 1 amide bonds. The first-order valence-corrected chi connectivity index (χ1v) is 7.50. The molecule has 0 bridgehead atoms. The van der Waals surface area contributed by atoms with Crippen LogP contribution in [0.4, 0.5) is 0 Å². The van der Waals surface area contributed by atoms with Crippen LogP contribution in [0, 0.1) is 0 Å². The molecule has 1 saturated heterocycles. The van der Waals surface area contributed by atoms with Crippen molar-refractivity contribution in [1.29, 1.82) is 0 Å². The molecule has 0 aromatic heterocycles. The molecular formula is C12H14N2O6S. The lowest BCUT2D eigenvalue weighted by atomic mass is 10.2. The zero-order valence-corrected chi connectivity index (χ0v) is 11.7. The molecule has 2 atom stereocenters. The second kappa shape index (κ2) is 5.43. The Labute approximate surface area is 120 Å². The van der Waals surface area contributed by atoms with Gasteiger partial charge in [-0.2, -0.15) is 4.31 Å². The largest absolute Gasteiger partial charge is 0.480 e. The third kappa shape index (κ3) is 2.89. The van der Waals surface area contributed by atoms with Crippen molar-refractivity contribution >= 4 is 21.9 Å². The molecule has 1 heterocycles. The highest BCUT2D eigenvalue weighted by atomic mass is 32.2. The first-order chi connectivity index (χ1) is 9.73. The van der Waals surface area contributed by atoms with E-state index in [1.54, 1.807) is 0 Å². The number of aliphatic hydroxyl groups excluding tert-OH is 1. The van der Waals surface area contributed by atoms with E-state index in [1.165, 1.54) is 24.3 Å². The number of hydrogen-bond donors (Lipinski definition) is 3. The third-order valence-corrected chi connectivity index (χ3v) is 5.15. The molecule has 21 heavy (non-hydrogen) atoms. The van der Waals surface area contributed by atoms with Crippen LogP contribution in [0.25, 0.3) is 0 Å². The molecule has 1 aromatic rings. The SMILES string of the molecule is NC(=O)c1ccc(S(=O)(=O)N2CC(O)C[C@H]2C(=O)O)cc1. The van der Waals surface area contributed by atoms with Gasteiger partial charge in [-0.3, -0.25) is 9.59 Å². The molecule has 1 fully saturated rings. The molecule has 0 aliphatic carbocycles. The number of carboxylic acids is 1. The number of aliphatic hydroxyl groups is 1. The van der Waals surface area contributed by atoms with E-state index in [2.05, 4.69) is 0 Å². The van der Waals surface area contributed by atoms with Crippen molar-refractivity contribution in [2.75, 3.05) is 6.54 Å². The van der Waals surface area contributed by atoms with Crippen molar-refractivity contribution in [2.45, 2.75) is 23.5 Å². The van der Waals surface area contributed by atoms with Gasteiger partial charge in [0, 0.05) is 18.5 Å². The Hall–Kier alpha value is -1.97. The normalized spacial score (nSPS) is 23.1. The highest BCUT2D eigenvalue weighted by Gasteiger charge is 2.43. The van der Waals surface area contributed by atoms with Crippen molar-refractivity contribution in [3.8, 4) is 0 Å². The number of rotatable bonds is 4. The lowest BCUT2D eigenvalue weighted by Crippen LogP contribution is -2.40. The number of hydrogen-bond acceptors (Lipinski definition) is 5. The zero-order chi connectivity index (χ0) is 15.8. The van der Waals surface area contributed by atoms with Crippen molar-refractivity contribution in [2.24, 2.45) is 5.73 Å². The van der Waals surface area contributed by atoms with Gasteiger partial charge in [-0.05, 0) is 24.3 Å². The summed E-state index contributed by atoms with van der Waals surface area (Å²) >= 11 is 0. The standard InChI is InChI=1S/C12H14N2O6S/c13-11(16)7-1-3-9(4-2-7)21(19,20)14-6-8(15)5-10(14)12(17)18/h1-4,8,10,15H,5-6H2,(H2,13,16)(H,17,18)/t8?,10-/m0/s1. The fourth-order valence-corrected chi connectivity index (χ4v) is 3.83. The number of nitrogens with two attached hydrogens (primary N) is 1. The summed E-state index contributed by atoms with van der Waals surface area (Å²) < 4.78 is 25.6. The summed E-state index contributed by atoms with van der Waals surface area (Å²) in [4.78, 5) is 21.9. The summed E-state index contributed by atoms with van der Waals surface area (Å²) in [6.07, 6.45) is -1.18. The van der Waals surface area contributed by atoms with Gasteiger partial charge in [-0.25, -0.2) is 8.42 Å². The summed E-state index contributed by atoms with van der Waals surface area (Å²) in [6, 6.07) is 3.55. The molecule has 1 aliphatic rings. The van der Waals surface area contributed by atoms with Gasteiger partial charge in [-0.1, -0.05) is 0 Å². The lowest BCUT2D eigenvalue weighted by molar-refractivity contribution is -0.140. The van der Waals surface area contributed by atoms with Gasteiger partial charge in [0.1, 0.15) is 6.04 Å². The molecule has 4 N–H and O–H groups in total. The maximum absolute atomic E-state index is 12.4. The number of sulfonamides is 1. The van der Waals surface area contributed by atoms with E-state index in [-0.39, 0.29) is 23.4 Å². The van der Waals surface area contributed by atoms with E-state index >= 15 is 0 Å². The average Bonchev–Trinajstić information content (AvgIpc) is 2.82. The second-order valence-corrected chi connectivity index (χ2v) is 6.60. The van der Waals surface area contributed by atoms with Crippen LogP contribution < -0.4 is 5.73 Å². The van der Waals surface area contributed by atoms with Crippen LogP contribution in [-0.2, 0) is 14.8 Å². The zero-order valence-electron chi connectivity index (χ0n) is 10.8. The Morgan fingerprint density at radius 2 is 1.81 bits per heavy atom. The molecular weight excluding hydrogens is 300 g/mol. The Morgan fingerprint density at radius 3 is 2.29 bits per heavy atom. The van der Waals surface area contributed by atoms with Crippen molar-refractivity contribution in [3.05, 3.63) is 29.8 Å². The van der Waals surface area contributed by atoms with Crippen molar-refractivity contribution in [1.82, 2.24) is 4.31 Å². The van der Waals surface area contributed by atoms with Crippen LogP contribution in [0.15, 0.2) is 29.2 Å². The van der Waals surface area contributed by atoms with E-state index in [1.807, 2.05) is 0 Å². The molecule has 0 spiro atoms. The summed E-state index contributed by atoms with van der Waals surface area (Å²) in [5.74, 6) is -2.01. The van der Waals surface area contributed by atoms with Crippen LogP contribution in [-0.4, -0.2) is 53.5 Å². The third-order valence-electron chi connectivity index (χ3n) is 3.26. The van der Waals surface area contributed by atoms with Gasteiger partial charge in [-0.15, -0.1) is 0 Å². The van der Waals surface area contributed by atoms with Crippen molar-refractivity contribution < 1.29 is 28.2 Å². The number of β-amino-alcohol motifs (C(OH)–C–C–N with tert-alkyl or cyclic N) is 1. The highest BCUT2D eigenvalue weighted by Crippen LogP contribution is 2.26. The summed E-state index contributed by atoms with van der Waals surface area (Å²) in [7, 11) is -4.07. The highest BCUT2D eigenvalue weighted by molar-refractivity contribution is 7.89. The molecule has 2 rings (SSSR count). The number of carbonyl (C=O) groups is 2. The van der Waals surface area contributed by atoms with Gasteiger partial charge in [0.2, 0.25) is 15.9 Å². The number of primary amides is 1. The minimum Gasteiger partial charge on any atom is -0.480 e. The van der Waals surface area contributed by atoms with E-state index < -0.39 is 34.0 Å². The summed E-state index contributed by atoms with van der Waals surface area (Å²) in [6.45, 7) is -0.281. The Bertz CT molecular complexity index is 669. The molecule has 9 heteroatoms. The Morgan fingerprint density at radius 1 is 1.24 bits per heavy atom. The first kappa shape index (κ1) is 15.4. The minimum atomic E-state index is -4.07. The van der Waals surface area contributed by atoms with Crippen LogP contribution >= 0.6 is 0 Å². The van der Waals surface area contributed by atoms with Crippen LogP contribution in [0.2, 0.25) is 0 Å². The number of aliphatic carboxylic acids is 1. The second-order valence-electron chi connectivity index (χ2n) is 4.71. The smallest absolute Gasteiger partial charge is 0.322 e. The van der Waals surface area contributed by atoms with Crippen LogP contribution in [0.5, 0.6) is 0 Å².